The summed E-state index contributed by atoms with van der Waals surface area (Å²) in [6.45, 7) is 1.63. The molecule has 1 aliphatic heterocycles. The molecule has 1 heterocycles. The van der Waals surface area contributed by atoms with E-state index in [1.807, 2.05) is 0 Å². The topological polar surface area (TPSA) is 21.3 Å². The van der Waals surface area contributed by atoms with E-state index in [0.717, 1.165) is 24.6 Å². The second-order valence-electron chi connectivity index (χ2n) is 4.30. The lowest BCUT2D eigenvalue weighted by atomic mass is 10.1. The molecule has 100 valence electrons. The highest BCUT2D eigenvalue weighted by atomic mass is 19.4. The molecule has 0 aliphatic carbocycles. The second-order valence-corrected chi connectivity index (χ2v) is 4.30. The summed E-state index contributed by atoms with van der Waals surface area (Å²) >= 11 is 0. The molecule has 1 saturated heterocycles. The van der Waals surface area contributed by atoms with Crippen LogP contribution >= 0.6 is 0 Å². The average Bonchev–Trinajstić information content (AvgIpc) is 2.79. The molecule has 1 aromatic carbocycles. The molecule has 2 rings (SSSR count). The van der Waals surface area contributed by atoms with E-state index in [-0.39, 0.29) is 11.6 Å². The summed E-state index contributed by atoms with van der Waals surface area (Å²) in [5, 5.41) is 2.71. The van der Waals surface area contributed by atoms with Gasteiger partial charge in [0, 0.05) is 19.1 Å². The lowest BCUT2D eigenvalue weighted by Crippen LogP contribution is -2.15. The third-order valence-electron chi connectivity index (χ3n) is 2.90. The van der Waals surface area contributed by atoms with Crippen molar-refractivity contribution >= 4 is 5.69 Å². The van der Waals surface area contributed by atoms with Crippen LogP contribution in [0, 0.1) is 11.7 Å². The van der Waals surface area contributed by atoms with E-state index in [1.54, 1.807) is 0 Å². The quantitative estimate of drug-likeness (QED) is 0.845. The number of ether oxygens (including phenoxy) is 1. The van der Waals surface area contributed by atoms with Gasteiger partial charge in [-0.25, -0.2) is 4.39 Å². The lowest BCUT2D eigenvalue weighted by Gasteiger charge is -2.13. The smallest absolute Gasteiger partial charge is 0.382 e. The molecule has 1 aliphatic rings. The maximum absolute atomic E-state index is 13.4. The Morgan fingerprint density at radius 3 is 2.72 bits per heavy atom. The molecule has 1 atom stereocenters. The van der Waals surface area contributed by atoms with Crippen molar-refractivity contribution in [3.8, 4) is 0 Å². The number of hydrogen-bond donors (Lipinski definition) is 1. The van der Waals surface area contributed by atoms with Crippen LogP contribution in [0.3, 0.4) is 0 Å². The van der Waals surface area contributed by atoms with Gasteiger partial charge in [-0.15, -0.1) is 0 Å². The van der Waals surface area contributed by atoms with Gasteiger partial charge in [-0.05, 0) is 24.6 Å². The molecular weight excluding hydrogens is 250 g/mol. The van der Waals surface area contributed by atoms with Gasteiger partial charge in [0.2, 0.25) is 0 Å². The molecule has 0 bridgehead atoms. The van der Waals surface area contributed by atoms with Gasteiger partial charge in [0.05, 0.1) is 17.9 Å². The SMILES string of the molecule is Fc1ccc(C(F)(F)F)cc1NCC1CCOC1. The van der Waals surface area contributed by atoms with Crippen LogP contribution < -0.4 is 5.32 Å². The number of hydrogen-bond acceptors (Lipinski definition) is 2. The zero-order valence-electron chi connectivity index (χ0n) is 9.56. The van der Waals surface area contributed by atoms with Crippen LogP contribution in [-0.2, 0) is 10.9 Å². The van der Waals surface area contributed by atoms with Crippen molar-refractivity contribution in [3.63, 3.8) is 0 Å². The maximum Gasteiger partial charge on any atom is 0.416 e. The molecule has 6 heteroatoms. The van der Waals surface area contributed by atoms with Crippen LogP contribution in [0.2, 0.25) is 0 Å². The summed E-state index contributed by atoms with van der Waals surface area (Å²) < 4.78 is 55.9. The summed E-state index contributed by atoms with van der Waals surface area (Å²) in [5.74, 6) is -0.458. The first-order valence-electron chi connectivity index (χ1n) is 5.65. The Morgan fingerprint density at radius 1 is 1.33 bits per heavy atom. The Balaban J connectivity index is 2.06. The van der Waals surface area contributed by atoms with Crippen LogP contribution in [0.1, 0.15) is 12.0 Å². The second kappa shape index (κ2) is 5.14. The maximum atomic E-state index is 13.4. The van der Waals surface area contributed by atoms with Crippen molar-refractivity contribution < 1.29 is 22.3 Å². The average molecular weight is 263 g/mol. The monoisotopic (exact) mass is 263 g/mol. The Morgan fingerprint density at radius 2 is 2.11 bits per heavy atom. The molecule has 0 amide bonds. The summed E-state index contributed by atoms with van der Waals surface area (Å²) in [7, 11) is 0. The molecule has 0 spiro atoms. The summed E-state index contributed by atoms with van der Waals surface area (Å²) in [6.07, 6.45) is -3.62. The summed E-state index contributed by atoms with van der Waals surface area (Å²) in [5.41, 5.74) is -0.967. The normalized spacial score (nSPS) is 20.1. The predicted molar refractivity (Wildman–Crippen MR) is 58.8 cm³/mol. The van der Waals surface area contributed by atoms with E-state index < -0.39 is 17.6 Å². The number of benzene rings is 1. The zero-order valence-corrected chi connectivity index (χ0v) is 9.56. The predicted octanol–water partition coefficient (Wildman–Crippen LogP) is 3.29. The highest BCUT2D eigenvalue weighted by molar-refractivity contribution is 5.48. The molecule has 0 radical (unpaired) electrons. The minimum absolute atomic E-state index is 0.114. The molecular formula is C12H13F4NO. The molecule has 18 heavy (non-hydrogen) atoms. The standard InChI is InChI=1S/C12H13F4NO/c13-10-2-1-9(12(14,15)16)5-11(10)17-6-8-3-4-18-7-8/h1-2,5,8,17H,3-4,6-7H2. The minimum Gasteiger partial charge on any atom is -0.382 e. The van der Waals surface area contributed by atoms with Crippen LogP contribution in [0.15, 0.2) is 18.2 Å². The van der Waals surface area contributed by atoms with Gasteiger partial charge in [0.1, 0.15) is 5.82 Å². The van der Waals surface area contributed by atoms with Crippen LogP contribution in [-0.4, -0.2) is 19.8 Å². The Bertz CT molecular complexity index is 413. The highest BCUT2D eigenvalue weighted by Gasteiger charge is 2.31. The minimum atomic E-state index is -4.46. The number of anilines is 1. The molecule has 0 aromatic heterocycles. The number of rotatable bonds is 3. The van der Waals surface area contributed by atoms with Crippen molar-refractivity contribution in [2.45, 2.75) is 12.6 Å². The first-order valence-corrected chi connectivity index (χ1v) is 5.65. The Labute approximate surface area is 102 Å². The fourth-order valence-electron chi connectivity index (χ4n) is 1.84. The van der Waals surface area contributed by atoms with Crippen LogP contribution in [0.4, 0.5) is 23.2 Å². The van der Waals surface area contributed by atoms with E-state index in [2.05, 4.69) is 5.32 Å². The van der Waals surface area contributed by atoms with Crippen molar-refractivity contribution in [1.82, 2.24) is 0 Å². The first kappa shape index (κ1) is 13.1. The van der Waals surface area contributed by atoms with Gasteiger partial charge in [0.15, 0.2) is 0 Å². The molecule has 2 nitrogen and oxygen atoms in total. The number of nitrogens with one attached hydrogen (secondary N) is 1. The first-order chi connectivity index (χ1) is 8.47. The van der Waals surface area contributed by atoms with E-state index in [9.17, 15) is 17.6 Å². The molecule has 1 unspecified atom stereocenters. The third kappa shape index (κ3) is 3.13. The summed E-state index contributed by atoms with van der Waals surface area (Å²) in [6, 6.07) is 2.36. The van der Waals surface area contributed by atoms with Gasteiger partial charge < -0.3 is 10.1 Å². The molecule has 0 saturated carbocycles. The van der Waals surface area contributed by atoms with E-state index in [4.69, 9.17) is 4.74 Å². The van der Waals surface area contributed by atoms with E-state index in [0.29, 0.717) is 19.8 Å². The van der Waals surface area contributed by atoms with Gasteiger partial charge in [-0.3, -0.25) is 0 Å². The van der Waals surface area contributed by atoms with E-state index in [1.165, 1.54) is 0 Å². The largest absolute Gasteiger partial charge is 0.416 e. The van der Waals surface area contributed by atoms with Crippen LogP contribution in [0.25, 0.3) is 0 Å². The number of halogens is 4. The van der Waals surface area contributed by atoms with Crippen molar-refractivity contribution in [3.05, 3.63) is 29.6 Å². The van der Waals surface area contributed by atoms with Gasteiger partial charge >= 0.3 is 6.18 Å². The molecule has 1 N–H and O–H groups in total. The van der Waals surface area contributed by atoms with Crippen LogP contribution in [0.5, 0.6) is 0 Å². The van der Waals surface area contributed by atoms with Crippen molar-refractivity contribution in [1.29, 1.82) is 0 Å². The van der Waals surface area contributed by atoms with Gasteiger partial charge in [0.25, 0.3) is 0 Å². The Kier molecular flexibility index (Phi) is 3.75. The third-order valence-corrected chi connectivity index (χ3v) is 2.90. The van der Waals surface area contributed by atoms with E-state index >= 15 is 0 Å². The van der Waals surface area contributed by atoms with Gasteiger partial charge in [-0.2, -0.15) is 13.2 Å². The lowest BCUT2D eigenvalue weighted by molar-refractivity contribution is -0.137. The zero-order chi connectivity index (χ0) is 13.2. The van der Waals surface area contributed by atoms with Crippen molar-refractivity contribution in [2.75, 3.05) is 25.1 Å². The summed E-state index contributed by atoms with van der Waals surface area (Å²) in [4.78, 5) is 0. The fourth-order valence-corrected chi connectivity index (χ4v) is 1.84. The number of alkyl halides is 3. The highest BCUT2D eigenvalue weighted by Crippen LogP contribution is 2.31. The molecule has 1 aromatic rings. The molecule has 1 fully saturated rings. The van der Waals surface area contributed by atoms with Crippen molar-refractivity contribution in [2.24, 2.45) is 5.92 Å². The fraction of sp³-hybridized carbons (Fsp3) is 0.500. The Hall–Kier alpha value is -1.30. The van der Waals surface area contributed by atoms with Gasteiger partial charge in [-0.1, -0.05) is 0 Å².